The maximum absolute atomic E-state index is 3.85. The van der Waals surface area contributed by atoms with E-state index in [1.807, 2.05) is 6.08 Å². The van der Waals surface area contributed by atoms with Gasteiger partial charge in [-0.2, -0.15) is 0 Å². The van der Waals surface area contributed by atoms with E-state index in [0.29, 0.717) is 5.92 Å². The topological polar surface area (TPSA) is 0 Å². The van der Waals surface area contributed by atoms with Crippen molar-refractivity contribution in [2.24, 2.45) is 5.92 Å². The van der Waals surface area contributed by atoms with Crippen molar-refractivity contribution in [2.45, 2.75) is 53.4 Å². The maximum atomic E-state index is 3.85. The molecule has 0 bridgehead atoms. The van der Waals surface area contributed by atoms with Crippen LogP contribution in [-0.4, -0.2) is 0 Å². The smallest absolute Gasteiger partial charge is 0.0136 e. The summed E-state index contributed by atoms with van der Waals surface area (Å²) >= 11 is 0. The summed E-state index contributed by atoms with van der Waals surface area (Å²) < 4.78 is 0. The summed E-state index contributed by atoms with van der Waals surface area (Å²) in [6, 6.07) is 0. The Kier molecular flexibility index (Phi) is 8.08. The largest absolute Gasteiger partial charge is 0.103 e. The Balaban J connectivity index is 4.30. The number of unbranched alkanes of at least 4 members (excludes halogenated alkanes) is 1. The van der Waals surface area contributed by atoms with Crippen LogP contribution in [0.5, 0.6) is 0 Å². The van der Waals surface area contributed by atoms with Crippen molar-refractivity contribution in [3.8, 4) is 0 Å². The van der Waals surface area contributed by atoms with Crippen LogP contribution < -0.4 is 0 Å². The molecule has 86 valence electrons. The highest BCUT2D eigenvalue weighted by atomic mass is 14.1. The van der Waals surface area contributed by atoms with Crippen LogP contribution >= 0.6 is 0 Å². The van der Waals surface area contributed by atoms with Crippen molar-refractivity contribution in [2.75, 3.05) is 0 Å². The third-order valence-electron chi connectivity index (χ3n) is 2.48. The van der Waals surface area contributed by atoms with Crippen molar-refractivity contribution < 1.29 is 0 Å². The fraction of sp³-hybridized carbons (Fsp3) is 0.600. The molecule has 0 saturated carbocycles. The Morgan fingerprint density at radius 3 is 2.40 bits per heavy atom. The molecule has 0 aromatic carbocycles. The highest BCUT2D eigenvalue weighted by Gasteiger charge is 2.01. The van der Waals surface area contributed by atoms with Gasteiger partial charge < -0.3 is 0 Å². The van der Waals surface area contributed by atoms with Gasteiger partial charge in [-0.25, -0.2) is 0 Å². The average molecular weight is 206 g/mol. The lowest BCUT2D eigenvalue weighted by Gasteiger charge is -2.09. The molecule has 0 N–H and O–H groups in total. The Morgan fingerprint density at radius 1 is 1.27 bits per heavy atom. The normalized spacial score (nSPS) is 13.5. The third-order valence-corrected chi connectivity index (χ3v) is 2.48. The number of allylic oxidation sites excluding steroid dienone is 5. The minimum absolute atomic E-state index is 0.596. The van der Waals surface area contributed by atoms with Crippen LogP contribution in [0.4, 0.5) is 0 Å². The van der Waals surface area contributed by atoms with Crippen molar-refractivity contribution in [3.05, 3.63) is 36.0 Å². The van der Waals surface area contributed by atoms with E-state index in [1.165, 1.54) is 18.4 Å². The molecule has 0 aliphatic rings. The second-order valence-electron chi connectivity index (χ2n) is 4.55. The molecule has 0 saturated heterocycles. The maximum Gasteiger partial charge on any atom is -0.0136 e. The zero-order valence-electron chi connectivity index (χ0n) is 10.8. The quantitative estimate of drug-likeness (QED) is 0.497. The second kappa shape index (κ2) is 8.52. The summed E-state index contributed by atoms with van der Waals surface area (Å²) in [4.78, 5) is 0. The minimum atomic E-state index is 0.596. The summed E-state index contributed by atoms with van der Waals surface area (Å²) in [5.41, 5.74) is 2.97. The molecule has 0 aliphatic heterocycles. The first-order valence-electron chi connectivity index (χ1n) is 6.04. The number of rotatable bonds is 7. The predicted molar refractivity (Wildman–Crippen MR) is 71.0 cm³/mol. The monoisotopic (exact) mass is 206 g/mol. The molecular formula is C15H26. The Hall–Kier alpha value is -0.780. The van der Waals surface area contributed by atoms with Crippen LogP contribution in [0.2, 0.25) is 0 Å². The van der Waals surface area contributed by atoms with Gasteiger partial charge in [-0.05, 0) is 39.0 Å². The van der Waals surface area contributed by atoms with Crippen molar-refractivity contribution >= 4 is 0 Å². The predicted octanol–water partition coefficient (Wildman–Crippen LogP) is 5.28. The van der Waals surface area contributed by atoms with Crippen LogP contribution in [0.15, 0.2) is 36.0 Å². The summed E-state index contributed by atoms with van der Waals surface area (Å²) in [6.45, 7) is 12.6. The van der Waals surface area contributed by atoms with Gasteiger partial charge in [0.25, 0.3) is 0 Å². The van der Waals surface area contributed by atoms with Crippen molar-refractivity contribution in [3.63, 3.8) is 0 Å². The van der Waals surface area contributed by atoms with Crippen LogP contribution in [0.25, 0.3) is 0 Å². The van der Waals surface area contributed by atoms with E-state index in [4.69, 9.17) is 0 Å². The summed E-state index contributed by atoms with van der Waals surface area (Å²) in [5, 5.41) is 0. The molecule has 0 aliphatic carbocycles. The number of hydrogen-bond donors (Lipinski definition) is 0. The van der Waals surface area contributed by atoms with Gasteiger partial charge >= 0.3 is 0 Å². The third kappa shape index (κ3) is 8.23. The molecule has 0 aromatic rings. The van der Waals surface area contributed by atoms with Gasteiger partial charge in [0.2, 0.25) is 0 Å². The van der Waals surface area contributed by atoms with E-state index in [-0.39, 0.29) is 0 Å². The molecule has 0 fully saturated rings. The van der Waals surface area contributed by atoms with Gasteiger partial charge in [0.15, 0.2) is 0 Å². The van der Waals surface area contributed by atoms with E-state index in [9.17, 15) is 0 Å². The van der Waals surface area contributed by atoms with Crippen LogP contribution in [0.1, 0.15) is 53.4 Å². The standard InChI is InChI=1S/C15H26/c1-6-8-9-15(11-10-13(3)4)12-14(5)7-2/h7,9-10,14H,2,6,8,11-12H2,1,3-5H3. The zero-order chi connectivity index (χ0) is 11.7. The van der Waals surface area contributed by atoms with E-state index in [2.05, 4.69) is 46.4 Å². The van der Waals surface area contributed by atoms with Crippen LogP contribution in [0, 0.1) is 5.92 Å². The molecule has 1 atom stereocenters. The van der Waals surface area contributed by atoms with Gasteiger partial charge in [-0.15, -0.1) is 6.58 Å². The Morgan fingerprint density at radius 2 is 1.93 bits per heavy atom. The van der Waals surface area contributed by atoms with E-state index >= 15 is 0 Å². The van der Waals surface area contributed by atoms with Crippen LogP contribution in [-0.2, 0) is 0 Å². The molecule has 15 heavy (non-hydrogen) atoms. The van der Waals surface area contributed by atoms with Gasteiger partial charge in [0.1, 0.15) is 0 Å². The van der Waals surface area contributed by atoms with Crippen LogP contribution in [0.3, 0.4) is 0 Å². The summed E-state index contributed by atoms with van der Waals surface area (Å²) in [6.07, 6.45) is 11.5. The lowest BCUT2D eigenvalue weighted by atomic mass is 9.97. The Labute approximate surface area is 95.8 Å². The highest BCUT2D eigenvalue weighted by molar-refractivity contribution is 5.11. The first-order chi connectivity index (χ1) is 7.10. The first kappa shape index (κ1) is 14.2. The summed E-state index contributed by atoms with van der Waals surface area (Å²) in [7, 11) is 0. The van der Waals surface area contributed by atoms with Gasteiger partial charge in [0.05, 0.1) is 0 Å². The van der Waals surface area contributed by atoms with Crippen molar-refractivity contribution in [1.82, 2.24) is 0 Å². The highest BCUT2D eigenvalue weighted by Crippen LogP contribution is 2.18. The lowest BCUT2D eigenvalue weighted by molar-refractivity contribution is 0.702. The molecule has 1 unspecified atom stereocenters. The minimum Gasteiger partial charge on any atom is -0.103 e. The zero-order valence-corrected chi connectivity index (χ0v) is 10.8. The van der Waals surface area contributed by atoms with E-state index < -0.39 is 0 Å². The van der Waals surface area contributed by atoms with Gasteiger partial charge in [0, 0.05) is 0 Å². The number of hydrogen-bond acceptors (Lipinski definition) is 0. The fourth-order valence-electron chi connectivity index (χ4n) is 1.43. The molecular weight excluding hydrogens is 180 g/mol. The molecule has 0 aromatic heterocycles. The molecule has 0 radical (unpaired) electrons. The van der Waals surface area contributed by atoms with E-state index in [0.717, 1.165) is 12.8 Å². The molecule has 0 spiro atoms. The fourth-order valence-corrected chi connectivity index (χ4v) is 1.43. The second-order valence-corrected chi connectivity index (χ2v) is 4.55. The molecule has 0 amide bonds. The average Bonchev–Trinajstić information content (AvgIpc) is 2.21. The summed E-state index contributed by atoms with van der Waals surface area (Å²) in [5.74, 6) is 0.596. The molecule has 0 rings (SSSR count). The SMILES string of the molecule is C=CC(C)CC(=CCCC)CC=C(C)C. The Bertz CT molecular complexity index is 226. The molecule has 0 heterocycles. The first-order valence-corrected chi connectivity index (χ1v) is 6.04. The molecule has 0 heteroatoms. The molecule has 0 nitrogen and oxygen atoms in total. The van der Waals surface area contributed by atoms with E-state index in [1.54, 1.807) is 5.57 Å². The van der Waals surface area contributed by atoms with Gasteiger partial charge in [-0.1, -0.05) is 49.6 Å². The van der Waals surface area contributed by atoms with Gasteiger partial charge in [-0.3, -0.25) is 0 Å². The van der Waals surface area contributed by atoms with Crippen molar-refractivity contribution in [1.29, 1.82) is 0 Å². The lowest BCUT2D eigenvalue weighted by Crippen LogP contribution is -1.93.